The van der Waals surface area contributed by atoms with Gasteiger partial charge in [0.1, 0.15) is 54.6 Å². The summed E-state index contributed by atoms with van der Waals surface area (Å²) in [5, 5.41) is 11.6. The molecule has 3 fully saturated rings. The molecule has 0 radical (unpaired) electrons. The molecule has 0 unspecified atom stereocenters. The maximum Gasteiger partial charge on any atom is 0.269 e. The van der Waals surface area contributed by atoms with E-state index >= 15 is 0 Å². The van der Waals surface area contributed by atoms with Crippen molar-refractivity contribution in [1.82, 2.24) is 0 Å². The van der Waals surface area contributed by atoms with Crippen LogP contribution in [0.25, 0.3) is 0 Å². The van der Waals surface area contributed by atoms with Gasteiger partial charge in [0.15, 0.2) is 12.1 Å². The lowest BCUT2D eigenvalue weighted by Gasteiger charge is -2.49. The predicted octanol–water partition coefficient (Wildman–Crippen LogP) is 9.52. The first-order valence-electron chi connectivity index (χ1n) is 23.7. The lowest BCUT2D eigenvalue weighted by Crippen LogP contribution is -2.66. The molecule has 0 aromatic heterocycles. The molecule has 6 aromatic rings. The first-order valence-corrected chi connectivity index (χ1v) is 23.7. The number of hydrogen-bond donors (Lipinski definition) is 0. The van der Waals surface area contributed by atoms with Crippen molar-refractivity contribution in [2.24, 2.45) is 0 Å². The highest BCUT2D eigenvalue weighted by Crippen LogP contribution is 2.42. The van der Waals surface area contributed by atoms with Gasteiger partial charge in [-0.05, 0) is 53.8 Å². The first kappa shape index (κ1) is 49.1. The van der Waals surface area contributed by atoms with Gasteiger partial charge in [-0.15, -0.1) is 0 Å². The summed E-state index contributed by atoms with van der Waals surface area (Å²) >= 11 is 0. The molecule has 70 heavy (non-hydrogen) atoms. The minimum absolute atomic E-state index is 0.0286. The summed E-state index contributed by atoms with van der Waals surface area (Å²) in [5.41, 5.74) is 4.65. The van der Waals surface area contributed by atoms with Gasteiger partial charge in [0.05, 0.1) is 51.2 Å². The van der Waals surface area contributed by atoms with Crippen LogP contribution in [0.1, 0.15) is 41.7 Å². The van der Waals surface area contributed by atoms with Crippen molar-refractivity contribution >= 4 is 5.69 Å². The second-order valence-electron chi connectivity index (χ2n) is 17.9. The largest absolute Gasteiger partial charge is 0.462 e. The molecule has 0 aliphatic carbocycles. The van der Waals surface area contributed by atoms with E-state index in [-0.39, 0.29) is 45.3 Å². The van der Waals surface area contributed by atoms with E-state index in [0.717, 1.165) is 27.8 Å². The smallest absolute Gasteiger partial charge is 0.269 e. The lowest BCUT2D eigenvalue weighted by molar-refractivity contribution is -0.384. The number of rotatable bonds is 22. The van der Waals surface area contributed by atoms with Crippen LogP contribution >= 0.6 is 0 Å². The summed E-state index contributed by atoms with van der Waals surface area (Å²) in [6.45, 7) is 5.12. The van der Waals surface area contributed by atoms with Gasteiger partial charge in [0.2, 0.25) is 6.29 Å². The quantitative estimate of drug-likeness (QED) is 0.0471. The Balaban J connectivity index is 1.09. The van der Waals surface area contributed by atoms with Gasteiger partial charge in [-0.3, -0.25) is 10.1 Å². The Morgan fingerprint density at radius 3 is 1.37 bits per heavy atom. The zero-order valence-electron chi connectivity index (χ0n) is 39.2. The van der Waals surface area contributed by atoms with Gasteiger partial charge in [-0.25, -0.2) is 0 Å². The van der Waals surface area contributed by atoms with Crippen molar-refractivity contribution in [2.75, 3.05) is 13.2 Å². The van der Waals surface area contributed by atoms with Crippen LogP contribution in [-0.4, -0.2) is 85.3 Å². The molecule has 3 saturated heterocycles. The second-order valence-corrected chi connectivity index (χ2v) is 17.9. The van der Waals surface area contributed by atoms with Crippen molar-refractivity contribution in [2.45, 2.75) is 114 Å². The maximum absolute atomic E-state index is 11.6. The molecule has 14 heteroatoms. The van der Waals surface area contributed by atoms with Gasteiger partial charge >= 0.3 is 0 Å². The van der Waals surface area contributed by atoms with Crippen molar-refractivity contribution < 1.29 is 57.0 Å². The Kier molecular flexibility index (Phi) is 16.7. The fourth-order valence-corrected chi connectivity index (χ4v) is 8.87. The Morgan fingerprint density at radius 2 is 0.886 bits per heavy atom. The number of benzene rings is 6. The van der Waals surface area contributed by atoms with Gasteiger partial charge in [0.25, 0.3) is 5.69 Å². The highest BCUT2D eigenvalue weighted by atomic mass is 16.8. The lowest BCUT2D eigenvalue weighted by atomic mass is 9.96. The monoisotopic (exact) mass is 953 g/mol. The molecule has 0 saturated carbocycles. The van der Waals surface area contributed by atoms with Crippen LogP contribution in [0.3, 0.4) is 0 Å². The van der Waals surface area contributed by atoms with Crippen molar-refractivity contribution in [3.05, 3.63) is 214 Å². The predicted molar refractivity (Wildman–Crippen MR) is 257 cm³/mol. The highest BCUT2D eigenvalue weighted by Gasteiger charge is 2.59. The minimum Gasteiger partial charge on any atom is -0.462 e. The van der Waals surface area contributed by atoms with E-state index < -0.39 is 72.1 Å². The zero-order valence-corrected chi connectivity index (χ0v) is 39.2. The molecule has 3 aliphatic rings. The van der Waals surface area contributed by atoms with E-state index in [1.807, 2.05) is 166 Å². The summed E-state index contributed by atoms with van der Waals surface area (Å²) in [4.78, 5) is 11.2. The third-order valence-corrected chi connectivity index (χ3v) is 12.3. The summed E-state index contributed by atoms with van der Waals surface area (Å²) in [5.74, 6) is -0.661. The normalized spacial score (nSPS) is 26.0. The molecule has 3 heterocycles. The molecule has 0 bridgehead atoms. The van der Waals surface area contributed by atoms with E-state index in [2.05, 4.69) is 0 Å². The molecular formula is C56H59NO13. The van der Waals surface area contributed by atoms with Crippen LogP contribution in [0.15, 0.2) is 176 Å². The molecule has 366 valence electrons. The second kappa shape index (κ2) is 23.8. The number of nitro groups is 1. The van der Waals surface area contributed by atoms with Gasteiger partial charge in [0, 0.05) is 12.1 Å². The molecule has 10 atom stereocenters. The van der Waals surface area contributed by atoms with E-state index in [9.17, 15) is 10.1 Å². The molecule has 9 rings (SSSR count). The number of non-ortho nitro benzene ring substituents is 1. The number of fused-ring (bicyclic) bond motifs is 1. The minimum atomic E-state index is -1.12. The number of nitro benzene ring substituents is 1. The van der Waals surface area contributed by atoms with Crippen LogP contribution in [0, 0.1) is 10.1 Å². The molecular weight excluding hydrogens is 895 g/mol. The fourth-order valence-electron chi connectivity index (χ4n) is 8.87. The van der Waals surface area contributed by atoms with Crippen LogP contribution in [0.5, 0.6) is 5.75 Å². The van der Waals surface area contributed by atoms with E-state index in [1.54, 1.807) is 0 Å². The zero-order chi connectivity index (χ0) is 48.1. The third-order valence-electron chi connectivity index (χ3n) is 12.3. The van der Waals surface area contributed by atoms with Gasteiger partial charge in [-0.2, -0.15) is 0 Å². The average Bonchev–Trinajstić information content (AvgIpc) is 3.72. The van der Waals surface area contributed by atoms with E-state index in [1.165, 1.54) is 24.3 Å². The SMILES string of the molecule is CC1(C)O[C@H]2[C@@H](O1)[C@@H](COCc1ccccc1)O[C@@H](O[C@H]1[C@H](OCc3ccccc3)[C@@H](OCc3ccccc3)[C@H](Oc3ccc([N+](=O)[O-])cc3)O[C@@H]1COCc1ccccc1)[C@@H]2OCc1ccccc1. The van der Waals surface area contributed by atoms with Crippen molar-refractivity contribution in [3.8, 4) is 5.75 Å². The topological polar surface area (TPSA) is 145 Å². The molecule has 6 aromatic carbocycles. The molecule has 14 nitrogen and oxygen atoms in total. The van der Waals surface area contributed by atoms with Crippen LogP contribution in [-0.2, 0) is 80.4 Å². The third kappa shape index (κ3) is 13.1. The molecule has 0 N–H and O–H groups in total. The first-order chi connectivity index (χ1) is 34.2. The van der Waals surface area contributed by atoms with E-state index in [0.29, 0.717) is 12.4 Å². The number of hydrogen-bond acceptors (Lipinski definition) is 13. The summed E-state index contributed by atoms with van der Waals surface area (Å²) in [7, 11) is 0. The van der Waals surface area contributed by atoms with Gasteiger partial charge < -0.3 is 52.1 Å². The average molecular weight is 954 g/mol. The van der Waals surface area contributed by atoms with Crippen LogP contribution in [0.4, 0.5) is 5.69 Å². The fraction of sp³-hybridized carbons (Fsp3) is 0.357. The Labute approximate surface area is 408 Å². The molecule has 3 aliphatic heterocycles. The van der Waals surface area contributed by atoms with Crippen molar-refractivity contribution in [1.29, 1.82) is 0 Å². The summed E-state index contributed by atoms with van der Waals surface area (Å²) in [6, 6.07) is 55.0. The number of nitrogens with zero attached hydrogens (tertiary/aromatic N) is 1. The number of ether oxygens (including phenoxy) is 11. The maximum atomic E-state index is 11.6. The summed E-state index contributed by atoms with van der Waals surface area (Å²) < 4.78 is 74.9. The van der Waals surface area contributed by atoms with Crippen molar-refractivity contribution in [3.63, 3.8) is 0 Å². The van der Waals surface area contributed by atoms with Crippen LogP contribution in [0.2, 0.25) is 0 Å². The van der Waals surface area contributed by atoms with E-state index in [4.69, 9.17) is 52.1 Å². The highest BCUT2D eigenvalue weighted by molar-refractivity contribution is 5.36. The molecule has 0 amide bonds. The molecule has 0 spiro atoms. The Bertz CT molecular complexity index is 2490. The van der Waals surface area contributed by atoms with Crippen LogP contribution < -0.4 is 4.74 Å². The summed E-state index contributed by atoms with van der Waals surface area (Å²) in [6.07, 6.45) is -8.61. The Morgan fingerprint density at radius 1 is 0.471 bits per heavy atom. The Hall–Kier alpha value is -5.88. The van der Waals surface area contributed by atoms with Gasteiger partial charge in [-0.1, -0.05) is 152 Å². The standard InChI is InChI=1S/C56H59NO13/c1-56(2)69-49-47(38-61-33-40-20-10-4-11-21-40)67-55(53(51(49)70-56)64-36-43-26-16-7-17-27-43)68-48-46(37-60-32-39-18-8-3-9-19-39)66-54(65-45-30-28-44(29-31-45)57(58)59)52(63-35-42-24-14-6-15-25-42)50(48)62-34-41-22-12-5-13-23-41/h3-31,46-55H,32-38H2,1-2H3/t46-,47-,48-,49+,50+,51+,52-,53-,54-,55+/m1/s1.